The summed E-state index contributed by atoms with van der Waals surface area (Å²) in [5.41, 5.74) is -6.51. The normalized spacial score (nSPS) is 16.2. The van der Waals surface area contributed by atoms with Gasteiger partial charge in [-0.2, -0.15) is 21.6 Å². The van der Waals surface area contributed by atoms with Gasteiger partial charge in [-0.1, -0.05) is 0 Å². The number of hydrogen-bond acceptors (Lipinski definition) is 7. The number of nitrogens with zero attached hydrogens (tertiary/aromatic N) is 3. The van der Waals surface area contributed by atoms with Crippen molar-refractivity contribution in [3.63, 3.8) is 0 Å². The van der Waals surface area contributed by atoms with Crippen LogP contribution in [0.25, 0.3) is 5.65 Å². The Kier molecular flexibility index (Phi) is 4.33. The summed E-state index contributed by atoms with van der Waals surface area (Å²) in [4.78, 5) is 18.0. The Hall–Kier alpha value is -2.34. The van der Waals surface area contributed by atoms with Gasteiger partial charge in [-0.25, -0.2) is 4.98 Å². The molecule has 12 heteroatoms. The van der Waals surface area contributed by atoms with Crippen LogP contribution in [0.5, 0.6) is 5.75 Å². The fourth-order valence-corrected chi connectivity index (χ4v) is 2.73. The van der Waals surface area contributed by atoms with Gasteiger partial charge in [0.25, 0.3) is 5.56 Å². The molecule has 0 unspecified atom stereocenters. The average molecular weight is 379 g/mol. The van der Waals surface area contributed by atoms with Crippen molar-refractivity contribution in [3.8, 4) is 5.75 Å². The zero-order valence-electron chi connectivity index (χ0n) is 12.6. The molecule has 2 aromatic rings. The van der Waals surface area contributed by atoms with E-state index in [1.165, 1.54) is 18.3 Å². The number of morpholine rings is 1. The second-order valence-corrected chi connectivity index (χ2v) is 6.64. The minimum Gasteiger partial charge on any atom is -0.378 e. The highest BCUT2D eigenvalue weighted by molar-refractivity contribution is 7.88. The first kappa shape index (κ1) is 17.5. The Labute approximate surface area is 139 Å². The number of pyridine rings is 1. The fourth-order valence-electron chi connectivity index (χ4n) is 2.27. The van der Waals surface area contributed by atoms with Crippen molar-refractivity contribution in [2.45, 2.75) is 5.51 Å². The molecule has 1 saturated heterocycles. The second kappa shape index (κ2) is 6.19. The molecule has 136 valence electrons. The van der Waals surface area contributed by atoms with Crippen LogP contribution in [0, 0.1) is 0 Å². The number of rotatable bonds is 3. The first-order valence-electron chi connectivity index (χ1n) is 7.05. The molecule has 2 aromatic heterocycles. The summed E-state index contributed by atoms with van der Waals surface area (Å²) in [6, 6.07) is 3.39. The molecule has 1 aliphatic heterocycles. The predicted molar refractivity (Wildman–Crippen MR) is 80.1 cm³/mol. The first-order chi connectivity index (χ1) is 11.7. The van der Waals surface area contributed by atoms with Gasteiger partial charge < -0.3 is 13.8 Å². The Morgan fingerprint density at radius 3 is 2.56 bits per heavy atom. The molecule has 0 radical (unpaired) electrons. The Morgan fingerprint density at radius 2 is 1.92 bits per heavy atom. The van der Waals surface area contributed by atoms with Crippen LogP contribution in [0.1, 0.15) is 0 Å². The maximum absolute atomic E-state index is 12.5. The number of fused-ring (bicyclic) bond motifs is 1. The third-order valence-electron chi connectivity index (χ3n) is 3.46. The summed E-state index contributed by atoms with van der Waals surface area (Å²) in [5, 5.41) is 0. The SMILES string of the molecule is O=c1cc(N2CCOCC2)nc2c(OS(=O)(=O)C(F)(F)F)cccn12. The number of halogens is 3. The second-order valence-electron chi connectivity index (χ2n) is 5.10. The van der Waals surface area contributed by atoms with E-state index in [1.807, 2.05) is 0 Å². The Balaban J connectivity index is 2.10. The zero-order valence-corrected chi connectivity index (χ0v) is 13.4. The van der Waals surface area contributed by atoms with Gasteiger partial charge in [0, 0.05) is 25.4 Å². The topological polar surface area (TPSA) is 90.2 Å². The number of hydrogen-bond donors (Lipinski definition) is 0. The molecule has 0 spiro atoms. The van der Waals surface area contributed by atoms with E-state index in [0.717, 1.165) is 10.5 Å². The monoisotopic (exact) mass is 379 g/mol. The molecule has 0 aromatic carbocycles. The minimum atomic E-state index is -5.88. The molecular weight excluding hydrogens is 367 g/mol. The standard InChI is InChI=1S/C13H12F3N3O5S/c14-13(15,16)25(21,22)24-9-2-1-3-19-11(20)8-10(17-12(9)19)18-4-6-23-7-5-18/h1-3,8H,4-7H2. The summed E-state index contributed by atoms with van der Waals surface area (Å²) in [6.45, 7) is 1.68. The Bertz CT molecular complexity index is 952. The van der Waals surface area contributed by atoms with Crippen molar-refractivity contribution in [1.29, 1.82) is 0 Å². The van der Waals surface area contributed by atoms with Gasteiger partial charge in [-0.05, 0) is 12.1 Å². The van der Waals surface area contributed by atoms with E-state index in [2.05, 4.69) is 9.17 Å². The molecule has 3 heterocycles. The van der Waals surface area contributed by atoms with Crippen molar-refractivity contribution >= 4 is 21.6 Å². The Morgan fingerprint density at radius 1 is 1.24 bits per heavy atom. The van der Waals surface area contributed by atoms with Gasteiger partial charge in [-0.3, -0.25) is 9.20 Å². The van der Waals surface area contributed by atoms with E-state index in [-0.39, 0.29) is 11.5 Å². The van der Waals surface area contributed by atoms with Crippen molar-refractivity contribution in [3.05, 3.63) is 34.7 Å². The predicted octanol–water partition coefficient (Wildman–Crippen LogP) is 0.759. The van der Waals surface area contributed by atoms with E-state index >= 15 is 0 Å². The molecule has 0 amide bonds. The lowest BCUT2D eigenvalue weighted by molar-refractivity contribution is -0.0499. The van der Waals surface area contributed by atoms with Crippen molar-refractivity contribution in [2.24, 2.45) is 0 Å². The molecule has 0 atom stereocenters. The smallest absolute Gasteiger partial charge is 0.378 e. The van der Waals surface area contributed by atoms with E-state index in [9.17, 15) is 26.4 Å². The highest BCUT2D eigenvalue weighted by Gasteiger charge is 2.48. The summed E-state index contributed by atoms with van der Waals surface area (Å²) >= 11 is 0. The average Bonchev–Trinajstić information content (AvgIpc) is 2.55. The van der Waals surface area contributed by atoms with Crippen LogP contribution in [-0.4, -0.2) is 49.6 Å². The lowest BCUT2D eigenvalue weighted by Gasteiger charge is -2.27. The lowest BCUT2D eigenvalue weighted by atomic mass is 10.3. The molecule has 25 heavy (non-hydrogen) atoms. The van der Waals surface area contributed by atoms with E-state index < -0.39 is 26.9 Å². The van der Waals surface area contributed by atoms with Gasteiger partial charge >= 0.3 is 15.6 Å². The highest BCUT2D eigenvalue weighted by Crippen LogP contribution is 2.29. The summed E-state index contributed by atoms with van der Waals surface area (Å²) in [7, 11) is -5.88. The fraction of sp³-hybridized carbons (Fsp3) is 0.385. The minimum absolute atomic E-state index is 0.203. The number of aromatic nitrogens is 2. The summed E-state index contributed by atoms with van der Waals surface area (Å²) < 4.78 is 70.4. The molecule has 0 bridgehead atoms. The van der Waals surface area contributed by atoms with Crippen LogP contribution in [0.2, 0.25) is 0 Å². The van der Waals surface area contributed by atoms with E-state index in [4.69, 9.17) is 4.74 Å². The van der Waals surface area contributed by atoms with Crippen LogP contribution in [0.15, 0.2) is 29.2 Å². The van der Waals surface area contributed by atoms with Crippen LogP contribution in [0.4, 0.5) is 19.0 Å². The molecule has 8 nitrogen and oxygen atoms in total. The van der Waals surface area contributed by atoms with E-state index in [0.29, 0.717) is 26.3 Å². The van der Waals surface area contributed by atoms with Crippen molar-refractivity contribution < 1.29 is 30.5 Å². The third kappa shape index (κ3) is 3.39. The van der Waals surface area contributed by atoms with Gasteiger partial charge in [0.05, 0.1) is 13.2 Å². The van der Waals surface area contributed by atoms with Crippen LogP contribution in [0.3, 0.4) is 0 Å². The third-order valence-corrected chi connectivity index (χ3v) is 4.43. The molecule has 0 aliphatic carbocycles. The molecule has 0 N–H and O–H groups in total. The highest BCUT2D eigenvalue weighted by atomic mass is 32.2. The molecular formula is C13H12F3N3O5S. The van der Waals surface area contributed by atoms with Crippen LogP contribution < -0.4 is 14.6 Å². The summed E-state index contributed by atoms with van der Waals surface area (Å²) in [5.74, 6) is -0.485. The van der Waals surface area contributed by atoms with Crippen molar-refractivity contribution in [1.82, 2.24) is 9.38 Å². The van der Waals surface area contributed by atoms with Gasteiger partial charge in [0.15, 0.2) is 11.4 Å². The van der Waals surface area contributed by atoms with Crippen LogP contribution >= 0.6 is 0 Å². The molecule has 1 fully saturated rings. The van der Waals surface area contributed by atoms with E-state index in [1.54, 1.807) is 4.90 Å². The quantitative estimate of drug-likeness (QED) is 0.574. The number of ether oxygens (including phenoxy) is 1. The van der Waals surface area contributed by atoms with Gasteiger partial charge in [0.2, 0.25) is 0 Å². The lowest BCUT2D eigenvalue weighted by Crippen LogP contribution is -2.37. The van der Waals surface area contributed by atoms with Crippen molar-refractivity contribution in [2.75, 3.05) is 31.2 Å². The number of anilines is 1. The summed E-state index contributed by atoms with van der Waals surface area (Å²) in [6.07, 6.45) is 1.25. The maximum atomic E-state index is 12.5. The maximum Gasteiger partial charge on any atom is 0.534 e. The number of alkyl halides is 3. The first-order valence-corrected chi connectivity index (χ1v) is 8.46. The van der Waals surface area contributed by atoms with Gasteiger partial charge in [-0.15, -0.1) is 0 Å². The largest absolute Gasteiger partial charge is 0.534 e. The molecule has 3 rings (SSSR count). The van der Waals surface area contributed by atoms with Crippen LogP contribution in [-0.2, 0) is 14.9 Å². The molecule has 0 saturated carbocycles. The molecule has 1 aliphatic rings. The zero-order chi connectivity index (χ0) is 18.2. The van der Waals surface area contributed by atoms with Gasteiger partial charge in [0.1, 0.15) is 5.82 Å².